The van der Waals surface area contributed by atoms with Gasteiger partial charge < -0.3 is 4.74 Å². The summed E-state index contributed by atoms with van der Waals surface area (Å²) in [6.45, 7) is -0.581. The van der Waals surface area contributed by atoms with Gasteiger partial charge in [0, 0.05) is 5.56 Å². The highest BCUT2D eigenvalue weighted by molar-refractivity contribution is 5.95. The molecule has 2 rings (SSSR count). The molecule has 0 saturated carbocycles. The number of halogens is 1. The molecule has 124 valence electrons. The fraction of sp³-hybridized carbons (Fsp3) is 0.118. The Morgan fingerprint density at radius 3 is 2.29 bits per heavy atom. The van der Waals surface area contributed by atoms with E-state index in [1.54, 1.807) is 36.4 Å². The average Bonchev–Trinajstić information content (AvgIpc) is 2.60. The first-order chi connectivity index (χ1) is 11.6. The molecule has 0 saturated heterocycles. The predicted octanol–water partition coefficient (Wildman–Crippen LogP) is 1.37. The van der Waals surface area contributed by atoms with Crippen LogP contribution in [0.25, 0.3) is 0 Å². The molecule has 0 unspecified atom stereocenters. The molecule has 0 radical (unpaired) electrons. The second kappa shape index (κ2) is 8.42. The molecule has 2 aromatic rings. The maximum absolute atomic E-state index is 13.4. The standard InChI is InChI=1S/C17H15FN2O4/c18-14-9-5-4-8-13(14)10-16(22)24-11-15(21)19-20-17(23)12-6-2-1-3-7-12/h1-9H,10-11H2,(H,19,21)(H,20,23). The molecular formula is C17H15FN2O4. The van der Waals surface area contributed by atoms with Crippen LogP contribution in [-0.4, -0.2) is 24.4 Å². The van der Waals surface area contributed by atoms with Crippen LogP contribution in [0.5, 0.6) is 0 Å². The first-order valence-electron chi connectivity index (χ1n) is 7.09. The zero-order chi connectivity index (χ0) is 17.4. The Balaban J connectivity index is 1.72. The molecular weight excluding hydrogens is 315 g/mol. The van der Waals surface area contributed by atoms with Crippen molar-refractivity contribution in [2.75, 3.05) is 6.61 Å². The number of benzene rings is 2. The van der Waals surface area contributed by atoms with Gasteiger partial charge in [-0.25, -0.2) is 4.39 Å². The topological polar surface area (TPSA) is 84.5 Å². The fourth-order valence-corrected chi connectivity index (χ4v) is 1.82. The molecule has 0 bridgehead atoms. The first kappa shape index (κ1) is 17.1. The minimum atomic E-state index is -0.746. The van der Waals surface area contributed by atoms with Crippen LogP contribution in [0.1, 0.15) is 15.9 Å². The number of rotatable bonds is 5. The average molecular weight is 330 g/mol. The van der Waals surface area contributed by atoms with Gasteiger partial charge in [-0.05, 0) is 23.8 Å². The van der Waals surface area contributed by atoms with Gasteiger partial charge in [-0.2, -0.15) is 0 Å². The number of hydrazine groups is 1. The zero-order valence-corrected chi connectivity index (χ0v) is 12.6. The lowest BCUT2D eigenvalue weighted by atomic mass is 10.1. The van der Waals surface area contributed by atoms with Crippen LogP contribution in [0.2, 0.25) is 0 Å². The maximum Gasteiger partial charge on any atom is 0.310 e. The largest absolute Gasteiger partial charge is 0.455 e. The summed E-state index contributed by atoms with van der Waals surface area (Å²) in [5, 5.41) is 0. The maximum atomic E-state index is 13.4. The third-order valence-corrected chi connectivity index (χ3v) is 3.01. The van der Waals surface area contributed by atoms with Gasteiger partial charge in [-0.3, -0.25) is 25.2 Å². The van der Waals surface area contributed by atoms with Gasteiger partial charge in [0.2, 0.25) is 0 Å². The molecule has 0 heterocycles. The summed E-state index contributed by atoms with van der Waals surface area (Å²) in [4.78, 5) is 34.8. The molecule has 2 amide bonds. The summed E-state index contributed by atoms with van der Waals surface area (Å²) in [5.74, 6) is -2.47. The fourth-order valence-electron chi connectivity index (χ4n) is 1.82. The van der Waals surface area contributed by atoms with E-state index in [4.69, 9.17) is 4.74 Å². The third kappa shape index (κ3) is 5.20. The lowest BCUT2D eigenvalue weighted by Crippen LogP contribution is -2.43. The van der Waals surface area contributed by atoms with E-state index >= 15 is 0 Å². The zero-order valence-electron chi connectivity index (χ0n) is 12.6. The monoisotopic (exact) mass is 330 g/mol. The van der Waals surface area contributed by atoms with E-state index in [9.17, 15) is 18.8 Å². The molecule has 6 nitrogen and oxygen atoms in total. The molecule has 2 aromatic carbocycles. The van der Waals surface area contributed by atoms with Crippen molar-refractivity contribution in [3.05, 3.63) is 71.5 Å². The normalized spacial score (nSPS) is 9.88. The summed E-state index contributed by atoms with van der Waals surface area (Å²) < 4.78 is 18.1. The summed E-state index contributed by atoms with van der Waals surface area (Å²) in [7, 11) is 0. The van der Waals surface area contributed by atoms with Gasteiger partial charge in [0.1, 0.15) is 5.82 Å². The van der Waals surface area contributed by atoms with Gasteiger partial charge in [-0.15, -0.1) is 0 Å². The van der Waals surface area contributed by atoms with E-state index in [0.717, 1.165) is 0 Å². The Labute approximate surface area is 137 Å². The minimum Gasteiger partial charge on any atom is -0.455 e. The summed E-state index contributed by atoms with van der Waals surface area (Å²) in [5.41, 5.74) is 4.86. The Bertz CT molecular complexity index is 734. The van der Waals surface area contributed by atoms with Crippen molar-refractivity contribution in [3.63, 3.8) is 0 Å². The number of esters is 1. The van der Waals surface area contributed by atoms with Gasteiger partial charge in [0.15, 0.2) is 6.61 Å². The Kier molecular flexibility index (Phi) is 6.01. The highest BCUT2D eigenvalue weighted by Gasteiger charge is 2.12. The molecule has 0 atom stereocenters. The third-order valence-electron chi connectivity index (χ3n) is 3.01. The van der Waals surface area contributed by atoms with Crippen molar-refractivity contribution in [2.45, 2.75) is 6.42 Å². The lowest BCUT2D eigenvalue weighted by Gasteiger charge is -2.08. The van der Waals surface area contributed by atoms with Crippen molar-refractivity contribution in [1.29, 1.82) is 0 Å². The number of carbonyl (C=O) groups is 3. The van der Waals surface area contributed by atoms with Crippen LogP contribution in [0.15, 0.2) is 54.6 Å². The summed E-state index contributed by atoms with van der Waals surface area (Å²) in [6.07, 6.45) is -0.281. The Morgan fingerprint density at radius 2 is 1.58 bits per heavy atom. The second-order valence-corrected chi connectivity index (χ2v) is 4.80. The molecule has 0 aromatic heterocycles. The Morgan fingerprint density at radius 1 is 0.917 bits per heavy atom. The van der Waals surface area contributed by atoms with Crippen LogP contribution in [0.4, 0.5) is 4.39 Å². The minimum absolute atomic E-state index is 0.181. The van der Waals surface area contributed by atoms with Crippen LogP contribution in [0.3, 0.4) is 0 Å². The van der Waals surface area contributed by atoms with E-state index in [0.29, 0.717) is 5.56 Å². The van der Waals surface area contributed by atoms with Crippen molar-refractivity contribution in [1.82, 2.24) is 10.9 Å². The van der Waals surface area contributed by atoms with Crippen molar-refractivity contribution in [2.24, 2.45) is 0 Å². The van der Waals surface area contributed by atoms with Crippen LogP contribution in [0, 0.1) is 5.82 Å². The molecule has 0 fully saturated rings. The first-order valence-corrected chi connectivity index (χ1v) is 7.09. The number of hydrogen-bond acceptors (Lipinski definition) is 4. The van der Waals surface area contributed by atoms with Crippen LogP contribution < -0.4 is 10.9 Å². The molecule has 0 aliphatic carbocycles. The number of carbonyl (C=O) groups excluding carboxylic acids is 3. The molecule has 7 heteroatoms. The van der Waals surface area contributed by atoms with Crippen LogP contribution >= 0.6 is 0 Å². The van der Waals surface area contributed by atoms with E-state index in [1.807, 2.05) is 0 Å². The number of hydrogen-bond donors (Lipinski definition) is 2. The summed E-state index contributed by atoms with van der Waals surface area (Å²) >= 11 is 0. The van der Waals surface area contributed by atoms with E-state index < -0.39 is 30.2 Å². The van der Waals surface area contributed by atoms with Gasteiger partial charge >= 0.3 is 5.97 Å². The Hall–Kier alpha value is -3.22. The van der Waals surface area contributed by atoms with Crippen molar-refractivity contribution in [3.8, 4) is 0 Å². The summed E-state index contributed by atoms with van der Waals surface area (Å²) in [6, 6.07) is 14.1. The van der Waals surface area contributed by atoms with Gasteiger partial charge in [0.05, 0.1) is 6.42 Å². The number of nitrogens with one attached hydrogen (secondary N) is 2. The molecule has 24 heavy (non-hydrogen) atoms. The molecule has 0 spiro atoms. The highest BCUT2D eigenvalue weighted by Crippen LogP contribution is 2.07. The SMILES string of the molecule is O=C(COC(=O)Cc1ccccc1F)NNC(=O)c1ccccc1. The molecule has 2 N–H and O–H groups in total. The smallest absolute Gasteiger partial charge is 0.310 e. The lowest BCUT2D eigenvalue weighted by molar-refractivity contribution is -0.148. The van der Waals surface area contributed by atoms with Gasteiger partial charge in [0.25, 0.3) is 11.8 Å². The highest BCUT2D eigenvalue weighted by atomic mass is 19.1. The van der Waals surface area contributed by atoms with Crippen molar-refractivity contribution < 1.29 is 23.5 Å². The van der Waals surface area contributed by atoms with E-state index in [1.165, 1.54) is 18.2 Å². The van der Waals surface area contributed by atoms with Crippen LogP contribution in [-0.2, 0) is 20.7 Å². The van der Waals surface area contributed by atoms with E-state index in [-0.39, 0.29) is 12.0 Å². The molecule has 0 aliphatic rings. The van der Waals surface area contributed by atoms with Gasteiger partial charge in [-0.1, -0.05) is 36.4 Å². The molecule has 0 aliphatic heterocycles. The number of amides is 2. The second-order valence-electron chi connectivity index (χ2n) is 4.80. The van der Waals surface area contributed by atoms with E-state index in [2.05, 4.69) is 10.9 Å². The quantitative estimate of drug-likeness (QED) is 0.641. The number of ether oxygens (including phenoxy) is 1. The predicted molar refractivity (Wildman–Crippen MR) is 83.1 cm³/mol. The van der Waals surface area contributed by atoms with Crippen molar-refractivity contribution >= 4 is 17.8 Å².